The molecule has 43 heavy (non-hydrogen) atoms. The van der Waals surface area contributed by atoms with Gasteiger partial charge in [-0.05, 0) is 67.1 Å². The molecule has 0 atom stereocenters. The average molecular weight is 569 g/mol. The summed E-state index contributed by atoms with van der Waals surface area (Å²) in [5.74, 6) is 0.0801. The van der Waals surface area contributed by atoms with Crippen LogP contribution in [-0.2, 0) is 4.79 Å². The molecule has 0 aliphatic carbocycles. The number of anilines is 2. The minimum atomic E-state index is -0.486. The summed E-state index contributed by atoms with van der Waals surface area (Å²) in [4.78, 5) is 52.6. The number of rotatable bonds is 6. The molecule has 0 saturated heterocycles. The van der Waals surface area contributed by atoms with Crippen LogP contribution in [0.2, 0.25) is 0 Å². The van der Waals surface area contributed by atoms with Crippen molar-refractivity contribution < 1.29 is 9.59 Å². The Labute approximate surface area is 248 Å². The smallest absolute Gasteiger partial charge is 0.282 e. The first kappa shape index (κ1) is 27.3. The summed E-state index contributed by atoms with van der Waals surface area (Å²) in [5.41, 5.74) is 6.70. The van der Waals surface area contributed by atoms with Crippen molar-refractivity contribution in [1.82, 2.24) is 9.66 Å². The molecule has 0 radical (unpaired) electrons. The zero-order valence-electron chi connectivity index (χ0n) is 23.9. The lowest BCUT2D eigenvalue weighted by Crippen LogP contribution is -2.35. The maximum atomic E-state index is 13.7. The number of fused-ring (bicyclic) bond motifs is 1. The van der Waals surface area contributed by atoms with E-state index in [0.717, 1.165) is 21.5 Å². The first-order chi connectivity index (χ1) is 20.8. The SMILES string of the molecule is Cc1nc2ccccc2c(=O)n1NC(=O)c1ccc(N2C(=O)C(=Cc3ccc(N(C)C)cc3)N=C2c2ccccc2)cc1. The summed E-state index contributed by atoms with van der Waals surface area (Å²) >= 11 is 0. The van der Waals surface area contributed by atoms with Crippen molar-refractivity contribution in [1.29, 1.82) is 0 Å². The van der Waals surface area contributed by atoms with Crippen LogP contribution in [-0.4, -0.2) is 41.4 Å². The zero-order chi connectivity index (χ0) is 30.1. The normalized spacial score (nSPS) is 13.8. The molecule has 1 aromatic heterocycles. The van der Waals surface area contributed by atoms with Crippen molar-refractivity contribution in [2.75, 3.05) is 29.3 Å². The lowest BCUT2D eigenvalue weighted by atomic mass is 10.1. The Bertz CT molecular complexity index is 1980. The Morgan fingerprint density at radius 3 is 2.21 bits per heavy atom. The van der Waals surface area contributed by atoms with Gasteiger partial charge in [-0.15, -0.1) is 0 Å². The van der Waals surface area contributed by atoms with Gasteiger partial charge >= 0.3 is 0 Å². The number of nitrogens with one attached hydrogen (secondary N) is 1. The number of carbonyl (C=O) groups is 2. The van der Waals surface area contributed by atoms with Crippen LogP contribution >= 0.6 is 0 Å². The van der Waals surface area contributed by atoms with E-state index in [-0.39, 0.29) is 11.5 Å². The highest BCUT2D eigenvalue weighted by atomic mass is 16.2. The first-order valence-electron chi connectivity index (χ1n) is 13.7. The summed E-state index contributed by atoms with van der Waals surface area (Å²) in [7, 11) is 3.94. The molecule has 0 unspecified atom stereocenters. The Hall–Kier alpha value is -5.83. The molecule has 6 rings (SSSR count). The van der Waals surface area contributed by atoms with Crippen LogP contribution in [0.25, 0.3) is 17.0 Å². The van der Waals surface area contributed by atoms with Crippen molar-refractivity contribution in [3.05, 3.63) is 142 Å². The summed E-state index contributed by atoms with van der Waals surface area (Å²) in [5, 5.41) is 0.404. The molecule has 0 saturated carbocycles. The van der Waals surface area contributed by atoms with Gasteiger partial charge in [-0.25, -0.2) is 14.7 Å². The number of hydrogen-bond donors (Lipinski definition) is 1. The third-order valence-corrected chi connectivity index (χ3v) is 7.15. The number of amides is 2. The van der Waals surface area contributed by atoms with Gasteiger partial charge < -0.3 is 4.90 Å². The number of amidine groups is 1. The molecule has 1 N–H and O–H groups in total. The molecular weight excluding hydrogens is 540 g/mol. The number of aryl methyl sites for hydroxylation is 1. The van der Waals surface area contributed by atoms with Crippen LogP contribution in [0.15, 0.2) is 119 Å². The van der Waals surface area contributed by atoms with Crippen LogP contribution in [0, 0.1) is 6.92 Å². The second kappa shape index (κ2) is 11.2. The van der Waals surface area contributed by atoms with E-state index in [9.17, 15) is 14.4 Å². The average Bonchev–Trinajstić information content (AvgIpc) is 3.35. The molecule has 5 aromatic rings. The van der Waals surface area contributed by atoms with Gasteiger partial charge in [0.25, 0.3) is 17.4 Å². The lowest BCUT2D eigenvalue weighted by molar-refractivity contribution is -0.113. The molecule has 0 spiro atoms. The lowest BCUT2D eigenvalue weighted by Gasteiger charge is -2.19. The number of hydrogen-bond acceptors (Lipinski definition) is 6. The van der Waals surface area contributed by atoms with E-state index in [1.807, 2.05) is 73.6 Å². The van der Waals surface area contributed by atoms with E-state index in [0.29, 0.717) is 39.5 Å². The van der Waals surface area contributed by atoms with E-state index in [2.05, 4.69) is 10.4 Å². The maximum absolute atomic E-state index is 13.7. The maximum Gasteiger partial charge on any atom is 0.282 e. The standard InChI is InChI=1S/C34H28N6O3/c1-22-35-29-12-8-7-11-28(29)33(42)40(22)37-32(41)25-15-19-27(20-16-25)39-31(24-9-5-4-6-10-24)36-30(34(39)43)21-23-13-17-26(18-14-23)38(2)3/h4-21H,1-3H3,(H,37,41). The molecule has 0 bridgehead atoms. The van der Waals surface area contributed by atoms with Crippen LogP contribution in [0.1, 0.15) is 27.3 Å². The Kier molecular flexibility index (Phi) is 7.13. The minimum absolute atomic E-state index is 0.280. The van der Waals surface area contributed by atoms with Crippen LogP contribution in [0.3, 0.4) is 0 Å². The summed E-state index contributed by atoms with van der Waals surface area (Å²) in [6.07, 6.45) is 1.77. The molecule has 9 nitrogen and oxygen atoms in total. The molecule has 2 amide bonds. The van der Waals surface area contributed by atoms with Crippen LogP contribution in [0.5, 0.6) is 0 Å². The van der Waals surface area contributed by atoms with Gasteiger partial charge in [0.15, 0.2) is 0 Å². The fraction of sp³-hybridized carbons (Fsp3) is 0.0882. The van der Waals surface area contributed by atoms with E-state index < -0.39 is 5.91 Å². The second-order valence-corrected chi connectivity index (χ2v) is 10.3. The number of para-hydroxylation sites is 1. The molecule has 1 aliphatic rings. The van der Waals surface area contributed by atoms with Crippen molar-refractivity contribution in [3.63, 3.8) is 0 Å². The van der Waals surface area contributed by atoms with Gasteiger partial charge in [-0.1, -0.05) is 54.6 Å². The molecular formula is C34H28N6O3. The number of aromatic nitrogens is 2. The van der Waals surface area contributed by atoms with Crippen molar-refractivity contribution in [3.8, 4) is 0 Å². The highest BCUT2D eigenvalue weighted by Gasteiger charge is 2.32. The fourth-order valence-electron chi connectivity index (χ4n) is 4.87. The number of aliphatic imine (C=N–C) groups is 1. The topological polar surface area (TPSA) is 99.9 Å². The van der Waals surface area contributed by atoms with Gasteiger partial charge in [0.2, 0.25) is 0 Å². The third-order valence-electron chi connectivity index (χ3n) is 7.15. The summed E-state index contributed by atoms with van der Waals surface area (Å²) < 4.78 is 1.14. The fourth-order valence-corrected chi connectivity index (χ4v) is 4.87. The monoisotopic (exact) mass is 568 g/mol. The zero-order valence-corrected chi connectivity index (χ0v) is 23.9. The largest absolute Gasteiger partial charge is 0.378 e. The number of carbonyl (C=O) groups excluding carboxylic acids is 2. The van der Waals surface area contributed by atoms with Gasteiger partial charge in [-0.3, -0.25) is 24.7 Å². The van der Waals surface area contributed by atoms with Crippen LogP contribution in [0.4, 0.5) is 11.4 Å². The third kappa shape index (κ3) is 5.31. The molecule has 9 heteroatoms. The Morgan fingerprint density at radius 1 is 0.837 bits per heavy atom. The predicted molar refractivity (Wildman–Crippen MR) is 170 cm³/mol. The van der Waals surface area contributed by atoms with Crippen molar-refractivity contribution in [2.24, 2.45) is 4.99 Å². The number of benzene rings is 4. The highest BCUT2D eigenvalue weighted by Crippen LogP contribution is 2.28. The number of nitrogens with zero attached hydrogens (tertiary/aromatic N) is 5. The summed E-state index contributed by atoms with van der Waals surface area (Å²) in [6.45, 7) is 1.66. The van der Waals surface area contributed by atoms with Crippen molar-refractivity contribution >= 4 is 46.0 Å². The molecule has 0 fully saturated rings. The van der Waals surface area contributed by atoms with Gasteiger partial charge in [0.1, 0.15) is 17.4 Å². The van der Waals surface area contributed by atoms with Crippen molar-refractivity contribution in [2.45, 2.75) is 6.92 Å². The molecule has 212 valence electrons. The summed E-state index contributed by atoms with van der Waals surface area (Å²) in [6, 6.07) is 30.9. The van der Waals surface area contributed by atoms with E-state index in [4.69, 9.17) is 4.99 Å². The van der Waals surface area contributed by atoms with Gasteiger partial charge in [0, 0.05) is 30.9 Å². The van der Waals surface area contributed by atoms with E-state index in [1.54, 1.807) is 66.4 Å². The predicted octanol–water partition coefficient (Wildman–Crippen LogP) is 4.99. The first-order valence-corrected chi connectivity index (χ1v) is 13.7. The highest BCUT2D eigenvalue weighted by molar-refractivity contribution is 6.33. The second-order valence-electron chi connectivity index (χ2n) is 10.3. The molecule has 4 aromatic carbocycles. The molecule has 2 heterocycles. The minimum Gasteiger partial charge on any atom is -0.378 e. The van der Waals surface area contributed by atoms with Crippen LogP contribution < -0.4 is 20.8 Å². The molecule has 1 aliphatic heterocycles. The van der Waals surface area contributed by atoms with E-state index in [1.165, 1.54) is 0 Å². The van der Waals surface area contributed by atoms with E-state index >= 15 is 0 Å². The Morgan fingerprint density at radius 2 is 1.51 bits per heavy atom. The quantitative estimate of drug-likeness (QED) is 0.291. The van der Waals surface area contributed by atoms with Gasteiger partial charge in [0.05, 0.1) is 16.6 Å². The Balaban J connectivity index is 1.30. The van der Waals surface area contributed by atoms with Gasteiger partial charge in [-0.2, -0.15) is 0 Å².